The number of anilines is 1. The second-order valence-electron chi connectivity index (χ2n) is 4.85. The summed E-state index contributed by atoms with van der Waals surface area (Å²) in [6.45, 7) is 3.19. The summed E-state index contributed by atoms with van der Waals surface area (Å²) < 4.78 is 13.7. The summed E-state index contributed by atoms with van der Waals surface area (Å²) in [4.78, 5) is 17.3. The molecule has 1 saturated heterocycles. The van der Waals surface area contributed by atoms with Gasteiger partial charge in [-0.3, -0.25) is 9.78 Å². The number of nitrogens with zero attached hydrogens (tertiary/aromatic N) is 2. The molecule has 1 aliphatic heterocycles. The highest BCUT2D eigenvalue weighted by Crippen LogP contribution is 2.35. The van der Waals surface area contributed by atoms with E-state index < -0.39 is 5.41 Å². The van der Waals surface area contributed by atoms with Gasteiger partial charge in [0, 0.05) is 19.3 Å². The summed E-state index contributed by atoms with van der Waals surface area (Å²) in [6, 6.07) is 1.64. The van der Waals surface area contributed by atoms with Crippen molar-refractivity contribution in [2.24, 2.45) is 11.1 Å². The summed E-state index contributed by atoms with van der Waals surface area (Å²) in [5.41, 5.74) is 5.49. The van der Waals surface area contributed by atoms with Crippen molar-refractivity contribution < 1.29 is 9.18 Å². The Kier molecular flexibility index (Phi) is 3.50. The maximum absolute atomic E-state index is 13.7. The van der Waals surface area contributed by atoms with Gasteiger partial charge in [0.25, 0.3) is 0 Å². The van der Waals surface area contributed by atoms with E-state index in [1.165, 1.54) is 6.20 Å². The molecule has 0 spiro atoms. The quantitative estimate of drug-likeness (QED) is 0.889. The third-order valence-corrected chi connectivity index (χ3v) is 3.87. The van der Waals surface area contributed by atoms with E-state index in [1.807, 2.05) is 11.8 Å². The van der Waals surface area contributed by atoms with Crippen LogP contribution in [0.25, 0.3) is 0 Å². The minimum absolute atomic E-state index is 0.288. The Morgan fingerprint density at radius 3 is 3.06 bits per heavy atom. The molecule has 5 heteroatoms. The topological polar surface area (TPSA) is 59.2 Å². The molecule has 2 N–H and O–H groups in total. The number of carbonyl (C=O) groups is 1. The van der Waals surface area contributed by atoms with E-state index in [4.69, 9.17) is 5.73 Å². The van der Waals surface area contributed by atoms with Gasteiger partial charge in [-0.2, -0.15) is 0 Å². The molecule has 4 nitrogen and oxygen atoms in total. The fourth-order valence-corrected chi connectivity index (χ4v) is 2.63. The van der Waals surface area contributed by atoms with Gasteiger partial charge >= 0.3 is 0 Å². The molecule has 0 saturated carbocycles. The molecule has 0 aromatic carbocycles. The Balaban J connectivity index is 2.26. The van der Waals surface area contributed by atoms with E-state index in [9.17, 15) is 9.18 Å². The van der Waals surface area contributed by atoms with Crippen molar-refractivity contribution in [3.63, 3.8) is 0 Å². The molecule has 18 heavy (non-hydrogen) atoms. The number of halogens is 1. The third-order valence-electron chi connectivity index (χ3n) is 3.87. The highest BCUT2D eigenvalue weighted by atomic mass is 19.1. The van der Waals surface area contributed by atoms with E-state index in [2.05, 4.69) is 4.98 Å². The van der Waals surface area contributed by atoms with Crippen molar-refractivity contribution in [1.82, 2.24) is 4.98 Å². The van der Waals surface area contributed by atoms with Gasteiger partial charge < -0.3 is 10.6 Å². The number of amides is 1. The Morgan fingerprint density at radius 2 is 2.44 bits per heavy atom. The molecular formula is C13H18FN3O. The van der Waals surface area contributed by atoms with E-state index in [0.29, 0.717) is 18.7 Å². The van der Waals surface area contributed by atoms with Gasteiger partial charge in [-0.15, -0.1) is 0 Å². The van der Waals surface area contributed by atoms with Crippen molar-refractivity contribution in [2.75, 3.05) is 18.0 Å². The van der Waals surface area contributed by atoms with Crippen LogP contribution < -0.4 is 10.6 Å². The van der Waals surface area contributed by atoms with Crippen LogP contribution in [0, 0.1) is 11.2 Å². The molecule has 1 unspecified atom stereocenters. The number of hydrogen-bond donors (Lipinski definition) is 1. The van der Waals surface area contributed by atoms with E-state index in [1.54, 1.807) is 12.3 Å². The third kappa shape index (κ3) is 2.17. The Labute approximate surface area is 106 Å². The zero-order chi connectivity index (χ0) is 13.2. The molecule has 0 bridgehead atoms. The van der Waals surface area contributed by atoms with Crippen LogP contribution in [0.5, 0.6) is 0 Å². The first-order valence-corrected chi connectivity index (χ1v) is 6.23. The average molecular weight is 251 g/mol. The molecule has 0 radical (unpaired) electrons. The second kappa shape index (κ2) is 4.92. The summed E-state index contributed by atoms with van der Waals surface area (Å²) in [5, 5.41) is 0. The minimum Gasteiger partial charge on any atom is -0.369 e. The molecule has 0 aliphatic carbocycles. The van der Waals surface area contributed by atoms with Gasteiger partial charge in [0.05, 0.1) is 17.3 Å². The number of nitrogens with two attached hydrogens (primary N) is 1. The lowest BCUT2D eigenvalue weighted by Crippen LogP contribution is -2.50. The van der Waals surface area contributed by atoms with Gasteiger partial charge in [-0.25, -0.2) is 4.39 Å². The molecule has 1 amide bonds. The first kappa shape index (κ1) is 12.8. The van der Waals surface area contributed by atoms with Crippen LogP contribution in [0.1, 0.15) is 26.2 Å². The maximum Gasteiger partial charge on any atom is 0.225 e. The molecule has 2 heterocycles. The lowest BCUT2D eigenvalue weighted by Gasteiger charge is -2.41. The van der Waals surface area contributed by atoms with E-state index >= 15 is 0 Å². The zero-order valence-electron chi connectivity index (χ0n) is 10.5. The number of carbonyl (C=O) groups excluding carboxylic acids is 1. The minimum atomic E-state index is -0.534. The highest BCUT2D eigenvalue weighted by molar-refractivity contribution is 5.82. The first-order chi connectivity index (χ1) is 8.59. The predicted octanol–water partition coefficient (Wildman–Crippen LogP) is 1.70. The Bertz CT molecular complexity index is 452. The monoisotopic (exact) mass is 251 g/mol. The predicted molar refractivity (Wildman–Crippen MR) is 67.6 cm³/mol. The fraction of sp³-hybridized carbons (Fsp3) is 0.538. The van der Waals surface area contributed by atoms with Crippen molar-refractivity contribution >= 4 is 11.6 Å². The van der Waals surface area contributed by atoms with Gasteiger partial charge in [-0.05, 0) is 25.3 Å². The number of pyridine rings is 1. The van der Waals surface area contributed by atoms with Crippen LogP contribution in [0.4, 0.5) is 10.1 Å². The van der Waals surface area contributed by atoms with Crippen LogP contribution in [-0.4, -0.2) is 24.0 Å². The van der Waals surface area contributed by atoms with Crippen LogP contribution in [-0.2, 0) is 4.79 Å². The van der Waals surface area contributed by atoms with Crippen molar-refractivity contribution in [3.05, 3.63) is 24.3 Å². The molecule has 1 aromatic rings. The molecule has 1 atom stereocenters. The Morgan fingerprint density at radius 1 is 1.67 bits per heavy atom. The summed E-state index contributed by atoms with van der Waals surface area (Å²) in [6.07, 6.45) is 5.07. The van der Waals surface area contributed by atoms with Crippen molar-refractivity contribution in [1.29, 1.82) is 0 Å². The van der Waals surface area contributed by atoms with Gasteiger partial charge in [0.2, 0.25) is 5.91 Å². The Hall–Kier alpha value is -1.65. The van der Waals surface area contributed by atoms with E-state index in [0.717, 1.165) is 19.4 Å². The summed E-state index contributed by atoms with van der Waals surface area (Å²) in [7, 11) is 0. The fourth-order valence-electron chi connectivity index (χ4n) is 2.63. The zero-order valence-corrected chi connectivity index (χ0v) is 10.5. The maximum atomic E-state index is 13.7. The lowest BCUT2D eigenvalue weighted by atomic mass is 9.77. The molecule has 1 aliphatic rings. The number of hydrogen-bond acceptors (Lipinski definition) is 3. The normalized spacial score (nSPS) is 24.0. The summed E-state index contributed by atoms with van der Waals surface area (Å²) >= 11 is 0. The molecule has 98 valence electrons. The standard InChI is InChI=1S/C13H18FN3O/c1-2-13(12(15)18)5-3-7-17(9-13)11-4-6-16-8-10(11)14/h4,6,8H,2-3,5,7,9H2,1H3,(H2,15,18). The van der Waals surface area contributed by atoms with Crippen molar-refractivity contribution in [3.8, 4) is 0 Å². The van der Waals surface area contributed by atoms with Crippen molar-refractivity contribution in [2.45, 2.75) is 26.2 Å². The van der Waals surface area contributed by atoms with E-state index in [-0.39, 0.29) is 11.7 Å². The average Bonchev–Trinajstić information content (AvgIpc) is 2.39. The number of rotatable bonds is 3. The summed E-state index contributed by atoms with van der Waals surface area (Å²) in [5.74, 6) is -0.641. The van der Waals surface area contributed by atoms with Crippen LogP contribution >= 0.6 is 0 Å². The lowest BCUT2D eigenvalue weighted by molar-refractivity contribution is -0.128. The van der Waals surface area contributed by atoms with Crippen LogP contribution in [0.3, 0.4) is 0 Å². The first-order valence-electron chi connectivity index (χ1n) is 6.23. The SMILES string of the molecule is CCC1(C(N)=O)CCCN(c2ccncc2F)C1. The van der Waals surface area contributed by atoms with Gasteiger partial charge in [0.15, 0.2) is 5.82 Å². The molecule has 1 fully saturated rings. The van der Waals surface area contributed by atoms with Crippen LogP contribution in [0.2, 0.25) is 0 Å². The number of primary amides is 1. The van der Waals surface area contributed by atoms with Gasteiger partial charge in [-0.1, -0.05) is 6.92 Å². The van der Waals surface area contributed by atoms with Gasteiger partial charge in [0.1, 0.15) is 0 Å². The smallest absolute Gasteiger partial charge is 0.225 e. The van der Waals surface area contributed by atoms with Crippen LogP contribution in [0.15, 0.2) is 18.5 Å². The molecular weight excluding hydrogens is 233 g/mol. The molecule has 1 aromatic heterocycles. The number of aromatic nitrogens is 1. The molecule has 2 rings (SSSR count). The second-order valence-corrected chi connectivity index (χ2v) is 4.85. The largest absolute Gasteiger partial charge is 0.369 e. The highest BCUT2D eigenvalue weighted by Gasteiger charge is 2.39. The number of piperidine rings is 1.